The molecular formula is C12H10IN. The molecular weight excluding hydrogens is 285 g/mol. The second-order valence-electron chi connectivity index (χ2n) is 3.70. The van der Waals surface area contributed by atoms with Gasteiger partial charge in [-0.2, -0.15) is 0 Å². The van der Waals surface area contributed by atoms with Gasteiger partial charge in [-0.15, -0.1) is 0 Å². The van der Waals surface area contributed by atoms with Gasteiger partial charge in [-0.05, 0) is 40.3 Å². The van der Waals surface area contributed by atoms with Gasteiger partial charge in [0, 0.05) is 11.6 Å². The maximum absolute atomic E-state index is 3.56. The first-order chi connectivity index (χ1) is 6.80. The van der Waals surface area contributed by atoms with Gasteiger partial charge in [0.05, 0.1) is 0 Å². The highest BCUT2D eigenvalue weighted by Crippen LogP contribution is 2.49. The highest BCUT2D eigenvalue weighted by Gasteiger charge is 2.41. The fourth-order valence-electron chi connectivity index (χ4n) is 2.15. The van der Waals surface area contributed by atoms with Crippen LogP contribution in [0.3, 0.4) is 0 Å². The number of anilines is 1. The highest BCUT2D eigenvalue weighted by molar-refractivity contribution is 14.1. The molecule has 14 heavy (non-hydrogen) atoms. The Hall–Kier alpha value is -0.770. The summed E-state index contributed by atoms with van der Waals surface area (Å²) in [4.78, 5) is 0. The molecule has 0 radical (unpaired) electrons. The topological polar surface area (TPSA) is 12.0 Å². The van der Waals surface area contributed by atoms with E-state index < -0.39 is 0 Å². The Morgan fingerprint density at radius 1 is 1.21 bits per heavy atom. The molecule has 1 aliphatic heterocycles. The Morgan fingerprint density at radius 2 is 2.07 bits per heavy atom. The van der Waals surface area contributed by atoms with Crippen molar-refractivity contribution in [3.8, 4) is 0 Å². The van der Waals surface area contributed by atoms with Crippen molar-refractivity contribution in [1.29, 1.82) is 0 Å². The summed E-state index contributed by atoms with van der Waals surface area (Å²) < 4.78 is 0.0518. The summed E-state index contributed by atoms with van der Waals surface area (Å²) in [6.45, 7) is 0. The molecule has 0 bridgehead atoms. The first-order valence-corrected chi connectivity index (χ1v) is 5.79. The van der Waals surface area contributed by atoms with E-state index in [-0.39, 0.29) is 3.55 Å². The van der Waals surface area contributed by atoms with Gasteiger partial charge >= 0.3 is 0 Å². The fraction of sp³-hybridized carbons (Fsp3) is 0.167. The molecule has 1 aromatic rings. The molecule has 0 fully saturated rings. The number of hydrogen-bond acceptors (Lipinski definition) is 1. The van der Waals surface area contributed by atoms with Crippen LogP contribution < -0.4 is 5.32 Å². The number of benzene rings is 1. The molecule has 3 rings (SSSR count). The average Bonchev–Trinajstić information content (AvgIpc) is 2.49. The van der Waals surface area contributed by atoms with Crippen LogP contribution in [0, 0.1) is 0 Å². The molecule has 0 amide bonds. The van der Waals surface area contributed by atoms with Crippen molar-refractivity contribution in [3.05, 3.63) is 54.1 Å². The molecule has 1 N–H and O–H groups in total. The number of rotatable bonds is 0. The third-order valence-corrected chi connectivity index (χ3v) is 4.13. The second-order valence-corrected chi connectivity index (χ2v) is 5.49. The average molecular weight is 295 g/mol. The van der Waals surface area contributed by atoms with Crippen molar-refractivity contribution in [1.82, 2.24) is 0 Å². The lowest BCUT2D eigenvalue weighted by molar-refractivity contribution is 0.779. The molecule has 2 aliphatic rings. The zero-order valence-corrected chi connectivity index (χ0v) is 9.73. The van der Waals surface area contributed by atoms with Crippen molar-refractivity contribution in [2.75, 3.05) is 5.32 Å². The normalized spacial score (nSPS) is 32.2. The zero-order chi connectivity index (χ0) is 9.60. The molecule has 2 heteroatoms. The van der Waals surface area contributed by atoms with Gasteiger partial charge < -0.3 is 5.32 Å². The zero-order valence-electron chi connectivity index (χ0n) is 7.57. The largest absolute Gasteiger partial charge is 0.367 e. The molecule has 1 nitrogen and oxygen atoms in total. The summed E-state index contributed by atoms with van der Waals surface area (Å²) in [6, 6.07) is 8.54. The molecule has 2 atom stereocenters. The first kappa shape index (κ1) is 8.53. The Kier molecular flexibility index (Phi) is 1.74. The number of hydrogen-bond donors (Lipinski definition) is 1. The van der Waals surface area contributed by atoms with E-state index in [0.717, 1.165) is 0 Å². The Bertz CT molecular complexity index is 436. The molecule has 0 saturated heterocycles. The van der Waals surface area contributed by atoms with Gasteiger partial charge in [-0.25, -0.2) is 0 Å². The van der Waals surface area contributed by atoms with E-state index in [2.05, 4.69) is 76.5 Å². The minimum atomic E-state index is 0.0518. The van der Waals surface area contributed by atoms with Crippen molar-refractivity contribution < 1.29 is 0 Å². The van der Waals surface area contributed by atoms with Crippen LogP contribution in [-0.4, -0.2) is 3.55 Å². The summed E-state index contributed by atoms with van der Waals surface area (Å²) in [5, 5.41) is 3.56. The van der Waals surface area contributed by atoms with Crippen LogP contribution in [0.2, 0.25) is 0 Å². The van der Waals surface area contributed by atoms with E-state index in [1.54, 1.807) is 0 Å². The third kappa shape index (κ3) is 1.06. The molecule has 1 heterocycles. The maximum atomic E-state index is 3.56. The minimum absolute atomic E-state index is 0.0518. The lowest BCUT2D eigenvalue weighted by Crippen LogP contribution is -2.29. The lowest BCUT2D eigenvalue weighted by atomic mass is 9.92. The van der Waals surface area contributed by atoms with Crippen molar-refractivity contribution in [2.24, 2.45) is 0 Å². The Labute approximate surface area is 97.0 Å². The van der Waals surface area contributed by atoms with E-state index in [0.29, 0.717) is 5.92 Å². The molecule has 2 unspecified atom stereocenters. The van der Waals surface area contributed by atoms with Crippen LogP contribution in [-0.2, 0) is 0 Å². The van der Waals surface area contributed by atoms with Crippen LogP contribution in [0.5, 0.6) is 0 Å². The summed E-state index contributed by atoms with van der Waals surface area (Å²) in [5.74, 6) is 0.476. The Morgan fingerprint density at radius 3 is 3.00 bits per heavy atom. The van der Waals surface area contributed by atoms with Gasteiger partial charge in [-0.1, -0.05) is 36.4 Å². The highest BCUT2D eigenvalue weighted by atomic mass is 127. The van der Waals surface area contributed by atoms with Crippen molar-refractivity contribution in [2.45, 2.75) is 9.46 Å². The van der Waals surface area contributed by atoms with Crippen LogP contribution in [0.25, 0.3) is 0 Å². The number of allylic oxidation sites excluding steroid dienone is 2. The van der Waals surface area contributed by atoms with Gasteiger partial charge in [-0.3, -0.25) is 0 Å². The summed E-state index contributed by atoms with van der Waals surface area (Å²) in [7, 11) is 0. The van der Waals surface area contributed by atoms with Crippen LogP contribution in [0.4, 0.5) is 5.69 Å². The van der Waals surface area contributed by atoms with Gasteiger partial charge in [0.25, 0.3) is 0 Å². The van der Waals surface area contributed by atoms with E-state index in [1.165, 1.54) is 11.3 Å². The number of para-hydroxylation sites is 1. The van der Waals surface area contributed by atoms with E-state index in [9.17, 15) is 0 Å². The number of alkyl halides is 1. The predicted molar refractivity (Wildman–Crippen MR) is 67.8 cm³/mol. The summed E-state index contributed by atoms with van der Waals surface area (Å²) in [6.07, 6.45) is 8.75. The number of halogens is 1. The lowest BCUT2D eigenvalue weighted by Gasteiger charge is -2.26. The number of fused-ring (bicyclic) bond motifs is 3. The molecule has 1 aromatic carbocycles. The maximum Gasteiger partial charge on any atom is 0.118 e. The van der Waals surface area contributed by atoms with Crippen LogP contribution >= 0.6 is 22.6 Å². The quantitative estimate of drug-likeness (QED) is 0.439. The predicted octanol–water partition coefficient (Wildman–Crippen LogP) is 3.45. The van der Waals surface area contributed by atoms with Gasteiger partial charge in [0.2, 0.25) is 0 Å². The SMILES string of the molecule is IC12C=CC=CC1c1ccccc1N2. The number of nitrogens with one attached hydrogen (secondary N) is 1. The molecule has 70 valence electrons. The minimum Gasteiger partial charge on any atom is -0.367 e. The van der Waals surface area contributed by atoms with E-state index >= 15 is 0 Å². The fourth-order valence-corrected chi connectivity index (χ4v) is 3.19. The Balaban J connectivity index is 2.18. The summed E-state index contributed by atoms with van der Waals surface area (Å²) in [5.41, 5.74) is 2.67. The molecule has 1 aliphatic carbocycles. The smallest absolute Gasteiger partial charge is 0.118 e. The van der Waals surface area contributed by atoms with Gasteiger partial charge in [0.15, 0.2) is 0 Å². The molecule has 0 saturated carbocycles. The second kappa shape index (κ2) is 2.86. The third-order valence-electron chi connectivity index (χ3n) is 2.83. The first-order valence-electron chi connectivity index (χ1n) is 4.72. The van der Waals surface area contributed by atoms with Gasteiger partial charge in [0.1, 0.15) is 3.55 Å². The molecule has 0 spiro atoms. The van der Waals surface area contributed by atoms with Crippen LogP contribution in [0.15, 0.2) is 48.6 Å². The van der Waals surface area contributed by atoms with Crippen molar-refractivity contribution in [3.63, 3.8) is 0 Å². The van der Waals surface area contributed by atoms with Crippen LogP contribution in [0.1, 0.15) is 11.5 Å². The molecule has 0 aromatic heterocycles. The van der Waals surface area contributed by atoms with E-state index in [1.807, 2.05) is 0 Å². The standard InChI is InChI=1S/C12H10IN/c13-12-8-4-3-6-10(12)9-5-1-2-7-11(9)14-12/h1-8,10,14H. The monoisotopic (exact) mass is 295 g/mol. The summed E-state index contributed by atoms with van der Waals surface area (Å²) >= 11 is 2.49. The van der Waals surface area contributed by atoms with Crippen molar-refractivity contribution >= 4 is 28.3 Å². The van der Waals surface area contributed by atoms with E-state index in [4.69, 9.17) is 0 Å².